The molecule has 0 unspecified atom stereocenters. The van der Waals surface area contributed by atoms with Crippen molar-refractivity contribution >= 4 is 8.80 Å². The van der Waals surface area contributed by atoms with E-state index in [0.717, 1.165) is 5.56 Å². The summed E-state index contributed by atoms with van der Waals surface area (Å²) in [6, 6.07) is 6.27. The van der Waals surface area contributed by atoms with Crippen molar-refractivity contribution in [3.63, 3.8) is 0 Å². The van der Waals surface area contributed by atoms with E-state index >= 15 is 0 Å². The maximum Gasteiger partial charge on any atom is 0.138 e. The van der Waals surface area contributed by atoms with Gasteiger partial charge in [0.05, 0.1) is 0 Å². The van der Waals surface area contributed by atoms with Crippen LogP contribution in [-0.2, 0) is 0 Å². The van der Waals surface area contributed by atoms with Crippen molar-refractivity contribution in [3.8, 4) is 11.5 Å². The smallest absolute Gasteiger partial charge is 0.138 e. The van der Waals surface area contributed by atoms with Gasteiger partial charge >= 0.3 is 0 Å². The molecule has 0 saturated carbocycles. The first kappa shape index (κ1) is 9.02. The highest BCUT2D eigenvalue weighted by Gasteiger charge is 1.89. The van der Waals surface area contributed by atoms with E-state index in [0.29, 0.717) is 0 Å². The zero-order valence-corrected chi connectivity index (χ0v) is 8.19. The molecule has 0 heterocycles. The van der Waals surface area contributed by atoms with Crippen LogP contribution in [0, 0.1) is 17.3 Å². The molecule has 0 spiro atoms. The summed E-state index contributed by atoms with van der Waals surface area (Å²) in [5, 5.41) is 0. The molecule has 0 aliphatic heterocycles. The Morgan fingerprint density at radius 2 is 1.75 bits per heavy atom. The number of rotatable bonds is 0. The average Bonchev–Trinajstić information content (AvgIpc) is 2.03. The van der Waals surface area contributed by atoms with E-state index < -0.39 is 8.80 Å². The third-order valence-corrected chi connectivity index (χ3v) is 1.93. The highest BCUT2D eigenvalue weighted by atomic mass is 28.3. The van der Waals surface area contributed by atoms with Crippen LogP contribution in [0.3, 0.4) is 0 Å². The van der Waals surface area contributed by atoms with Gasteiger partial charge in [-0.05, 0) is 24.3 Å². The Morgan fingerprint density at radius 3 is 2.25 bits per heavy atom. The molecule has 0 saturated heterocycles. The van der Waals surface area contributed by atoms with E-state index in [9.17, 15) is 4.39 Å². The maximum atomic E-state index is 12.4. The molecule has 12 heavy (non-hydrogen) atoms. The standard InChI is InChI=1S/C10H10FSi/c1-12(2)8-7-9-3-5-10(11)6-4-9/h3-6H,1-2H3. The Hall–Kier alpha value is -1.07. The summed E-state index contributed by atoms with van der Waals surface area (Å²) in [6.45, 7) is 4.25. The van der Waals surface area contributed by atoms with Crippen molar-refractivity contribution in [3.05, 3.63) is 35.6 Å². The average molecular weight is 177 g/mol. The van der Waals surface area contributed by atoms with Crippen LogP contribution in [0.5, 0.6) is 0 Å². The fourth-order valence-electron chi connectivity index (χ4n) is 0.730. The molecule has 0 aliphatic carbocycles. The Bertz CT molecular complexity index is 303. The third-order valence-electron chi connectivity index (χ3n) is 1.30. The molecule has 0 aliphatic rings. The van der Waals surface area contributed by atoms with Gasteiger partial charge in [0.25, 0.3) is 0 Å². The van der Waals surface area contributed by atoms with Crippen LogP contribution < -0.4 is 0 Å². The largest absolute Gasteiger partial charge is 0.207 e. The van der Waals surface area contributed by atoms with Gasteiger partial charge < -0.3 is 0 Å². The van der Waals surface area contributed by atoms with Crippen LogP contribution >= 0.6 is 0 Å². The SMILES string of the molecule is C[Si](C)C#Cc1ccc(F)cc1. The first-order valence-electron chi connectivity index (χ1n) is 3.76. The third kappa shape index (κ3) is 2.89. The molecule has 0 N–H and O–H groups in total. The fourth-order valence-corrected chi connectivity index (χ4v) is 1.12. The predicted octanol–water partition coefficient (Wildman–Crippen LogP) is 2.47. The van der Waals surface area contributed by atoms with Gasteiger partial charge in [0.15, 0.2) is 0 Å². The summed E-state index contributed by atoms with van der Waals surface area (Å²) in [4.78, 5) is 0. The summed E-state index contributed by atoms with van der Waals surface area (Å²) in [6.07, 6.45) is 0. The van der Waals surface area contributed by atoms with Gasteiger partial charge in [-0.2, -0.15) is 0 Å². The van der Waals surface area contributed by atoms with Crippen molar-refractivity contribution < 1.29 is 4.39 Å². The van der Waals surface area contributed by atoms with E-state index in [1.807, 2.05) is 0 Å². The van der Waals surface area contributed by atoms with Crippen molar-refractivity contribution in [1.29, 1.82) is 0 Å². The van der Waals surface area contributed by atoms with Crippen molar-refractivity contribution in [2.24, 2.45) is 0 Å². The summed E-state index contributed by atoms with van der Waals surface area (Å²) in [5.74, 6) is 2.79. The Labute approximate surface area is 74.0 Å². The van der Waals surface area contributed by atoms with E-state index in [4.69, 9.17) is 0 Å². The summed E-state index contributed by atoms with van der Waals surface area (Å²) in [7, 11) is -0.497. The molecular weight excluding hydrogens is 167 g/mol. The Balaban J connectivity index is 2.79. The zero-order valence-electron chi connectivity index (χ0n) is 7.19. The second kappa shape index (κ2) is 4.08. The van der Waals surface area contributed by atoms with Gasteiger partial charge in [-0.25, -0.2) is 4.39 Å². The lowest BCUT2D eigenvalue weighted by Crippen LogP contribution is -1.93. The van der Waals surface area contributed by atoms with E-state index in [1.54, 1.807) is 12.1 Å². The first-order chi connectivity index (χ1) is 5.68. The molecule has 0 fully saturated rings. The van der Waals surface area contributed by atoms with Gasteiger partial charge in [0, 0.05) is 5.56 Å². The first-order valence-corrected chi connectivity index (χ1v) is 6.26. The molecule has 0 nitrogen and oxygen atoms in total. The van der Waals surface area contributed by atoms with Crippen LogP contribution in [0.4, 0.5) is 4.39 Å². The van der Waals surface area contributed by atoms with Crippen molar-refractivity contribution in [1.82, 2.24) is 0 Å². The quantitative estimate of drug-likeness (QED) is 0.422. The van der Waals surface area contributed by atoms with Gasteiger partial charge in [-0.15, -0.1) is 5.54 Å². The van der Waals surface area contributed by atoms with Crippen LogP contribution in [0.2, 0.25) is 13.1 Å². The number of hydrogen-bond acceptors (Lipinski definition) is 0. The molecule has 0 amide bonds. The van der Waals surface area contributed by atoms with Crippen LogP contribution in [-0.4, -0.2) is 8.80 Å². The normalized spacial score (nSPS) is 9.33. The second-order valence-electron chi connectivity index (χ2n) is 2.76. The van der Waals surface area contributed by atoms with Crippen LogP contribution in [0.15, 0.2) is 24.3 Å². The molecule has 1 rings (SSSR count). The highest BCUT2D eigenvalue weighted by Crippen LogP contribution is 2.00. The van der Waals surface area contributed by atoms with Gasteiger partial charge in [0.2, 0.25) is 0 Å². The van der Waals surface area contributed by atoms with Crippen LogP contribution in [0.25, 0.3) is 0 Å². The molecule has 2 heteroatoms. The minimum absolute atomic E-state index is 0.209. The minimum Gasteiger partial charge on any atom is -0.207 e. The fraction of sp³-hybridized carbons (Fsp3) is 0.200. The maximum absolute atomic E-state index is 12.4. The van der Waals surface area contributed by atoms with Crippen LogP contribution in [0.1, 0.15) is 5.56 Å². The summed E-state index contributed by atoms with van der Waals surface area (Å²) < 4.78 is 12.4. The zero-order chi connectivity index (χ0) is 8.97. The molecule has 0 atom stereocenters. The minimum atomic E-state index is -0.497. The van der Waals surface area contributed by atoms with Gasteiger partial charge in [-0.1, -0.05) is 19.0 Å². The van der Waals surface area contributed by atoms with E-state index in [-0.39, 0.29) is 5.82 Å². The molecule has 1 aromatic rings. The van der Waals surface area contributed by atoms with Crippen molar-refractivity contribution in [2.75, 3.05) is 0 Å². The number of hydrogen-bond donors (Lipinski definition) is 0. The van der Waals surface area contributed by atoms with Gasteiger partial charge in [0.1, 0.15) is 14.6 Å². The molecule has 1 aromatic carbocycles. The summed E-state index contributed by atoms with van der Waals surface area (Å²) >= 11 is 0. The number of halogens is 1. The van der Waals surface area contributed by atoms with E-state index in [2.05, 4.69) is 24.6 Å². The lowest BCUT2D eigenvalue weighted by atomic mass is 10.2. The lowest BCUT2D eigenvalue weighted by Gasteiger charge is -1.89. The summed E-state index contributed by atoms with van der Waals surface area (Å²) in [5.41, 5.74) is 4.00. The molecular formula is C10H10FSi. The highest BCUT2D eigenvalue weighted by molar-refractivity contribution is 6.64. The number of benzene rings is 1. The Kier molecular flexibility index (Phi) is 3.07. The second-order valence-corrected chi connectivity index (χ2v) is 5.01. The molecule has 1 radical (unpaired) electrons. The lowest BCUT2D eigenvalue weighted by molar-refractivity contribution is 0.627. The Morgan fingerprint density at radius 1 is 1.17 bits per heavy atom. The van der Waals surface area contributed by atoms with Crippen molar-refractivity contribution in [2.45, 2.75) is 13.1 Å². The predicted molar refractivity (Wildman–Crippen MR) is 50.8 cm³/mol. The van der Waals surface area contributed by atoms with E-state index in [1.165, 1.54) is 12.1 Å². The topological polar surface area (TPSA) is 0 Å². The molecule has 61 valence electrons. The molecule has 0 aromatic heterocycles. The van der Waals surface area contributed by atoms with Gasteiger partial charge in [-0.3, -0.25) is 0 Å². The molecule has 0 bridgehead atoms. The monoisotopic (exact) mass is 177 g/mol.